The zero-order chi connectivity index (χ0) is 13.0. The summed E-state index contributed by atoms with van der Waals surface area (Å²) in [4.78, 5) is 11.4. The Bertz CT molecular complexity index is 257. The molecule has 1 saturated heterocycles. The molecule has 7 nitrogen and oxygen atoms in total. The number of hydrogen-bond donors (Lipinski definition) is 1. The van der Waals surface area contributed by atoms with E-state index in [4.69, 9.17) is 18.9 Å². The van der Waals surface area contributed by atoms with Gasteiger partial charge < -0.3 is 28.8 Å². The van der Waals surface area contributed by atoms with E-state index in [9.17, 15) is 9.90 Å². The molecule has 1 rings (SSSR count). The van der Waals surface area contributed by atoms with Crippen molar-refractivity contribution in [3.05, 3.63) is 0 Å². The topological polar surface area (TPSA) is 83.5 Å². The molecule has 1 aliphatic rings. The number of carbonyl (C=O) groups excluding carboxylic acids is 1. The monoisotopic (exact) mass is 250 g/mol. The van der Waals surface area contributed by atoms with Crippen molar-refractivity contribution in [1.82, 2.24) is 0 Å². The van der Waals surface area contributed by atoms with Gasteiger partial charge in [-0.2, -0.15) is 0 Å². The summed E-state index contributed by atoms with van der Waals surface area (Å²) in [7, 11) is 5.48. The van der Waals surface area contributed by atoms with Crippen molar-refractivity contribution >= 4 is 5.97 Å². The molecule has 0 radical (unpaired) electrons. The fourth-order valence-corrected chi connectivity index (χ4v) is 1.84. The van der Waals surface area contributed by atoms with Crippen LogP contribution in [0.15, 0.2) is 0 Å². The van der Waals surface area contributed by atoms with Crippen molar-refractivity contribution in [2.45, 2.75) is 30.7 Å². The quantitative estimate of drug-likeness (QED) is 0.635. The molecule has 0 aromatic heterocycles. The summed E-state index contributed by atoms with van der Waals surface area (Å²) in [5.41, 5.74) is 0. The average Bonchev–Trinajstić information content (AvgIpc) is 2.36. The first-order valence-corrected chi connectivity index (χ1v) is 5.10. The van der Waals surface area contributed by atoms with E-state index in [1.54, 1.807) is 0 Å². The van der Waals surface area contributed by atoms with Crippen molar-refractivity contribution < 1.29 is 33.6 Å². The highest BCUT2D eigenvalue weighted by atomic mass is 16.7. The van der Waals surface area contributed by atoms with Crippen LogP contribution in [0.4, 0.5) is 0 Å². The minimum Gasteiger partial charge on any atom is -0.467 e. The zero-order valence-electron chi connectivity index (χ0n) is 10.3. The van der Waals surface area contributed by atoms with Gasteiger partial charge in [0.1, 0.15) is 18.3 Å². The van der Waals surface area contributed by atoms with Gasteiger partial charge >= 0.3 is 5.97 Å². The summed E-state index contributed by atoms with van der Waals surface area (Å²) < 4.78 is 25.1. The normalized spacial score (nSPS) is 37.8. The third-order valence-electron chi connectivity index (χ3n) is 2.73. The highest BCUT2D eigenvalue weighted by Gasteiger charge is 2.49. The number of esters is 1. The Hall–Kier alpha value is -0.730. The Morgan fingerprint density at radius 3 is 2.06 bits per heavy atom. The zero-order valence-corrected chi connectivity index (χ0v) is 10.3. The lowest BCUT2D eigenvalue weighted by atomic mass is 9.98. The Kier molecular flexibility index (Phi) is 5.29. The van der Waals surface area contributed by atoms with Crippen LogP contribution in [0.5, 0.6) is 0 Å². The Balaban J connectivity index is 2.89. The fourth-order valence-electron chi connectivity index (χ4n) is 1.84. The van der Waals surface area contributed by atoms with E-state index in [1.165, 1.54) is 28.4 Å². The highest BCUT2D eigenvalue weighted by Crippen LogP contribution is 2.26. The van der Waals surface area contributed by atoms with Crippen molar-refractivity contribution in [2.24, 2.45) is 0 Å². The summed E-state index contributed by atoms with van der Waals surface area (Å²) in [6.45, 7) is 0. The first-order chi connectivity index (χ1) is 8.10. The van der Waals surface area contributed by atoms with E-state index >= 15 is 0 Å². The molecular formula is C10H18O7. The summed E-state index contributed by atoms with van der Waals surface area (Å²) in [6.07, 6.45) is -4.49. The molecule has 0 spiro atoms. The molecule has 0 saturated carbocycles. The summed E-state index contributed by atoms with van der Waals surface area (Å²) in [6, 6.07) is 0. The molecule has 100 valence electrons. The van der Waals surface area contributed by atoms with E-state index < -0.39 is 36.7 Å². The van der Waals surface area contributed by atoms with Gasteiger partial charge in [0.2, 0.25) is 0 Å². The molecule has 1 aliphatic heterocycles. The van der Waals surface area contributed by atoms with Crippen LogP contribution < -0.4 is 0 Å². The lowest BCUT2D eigenvalue weighted by molar-refractivity contribution is -0.296. The molecule has 5 atom stereocenters. The van der Waals surface area contributed by atoms with Gasteiger partial charge in [-0.25, -0.2) is 4.79 Å². The summed E-state index contributed by atoms with van der Waals surface area (Å²) >= 11 is 0. The molecule has 1 heterocycles. The van der Waals surface area contributed by atoms with Gasteiger partial charge in [-0.3, -0.25) is 0 Å². The molecule has 7 heteroatoms. The van der Waals surface area contributed by atoms with E-state index in [2.05, 4.69) is 4.74 Å². The second-order valence-corrected chi connectivity index (χ2v) is 3.58. The maximum Gasteiger partial charge on any atom is 0.337 e. The van der Waals surface area contributed by atoms with Crippen LogP contribution in [0, 0.1) is 0 Å². The molecule has 1 fully saturated rings. The molecular weight excluding hydrogens is 232 g/mol. The van der Waals surface area contributed by atoms with Crippen molar-refractivity contribution in [3.8, 4) is 0 Å². The predicted octanol–water partition coefficient (Wildman–Crippen LogP) is -1.08. The van der Waals surface area contributed by atoms with Gasteiger partial charge in [0.25, 0.3) is 0 Å². The van der Waals surface area contributed by atoms with Crippen molar-refractivity contribution in [2.75, 3.05) is 28.4 Å². The van der Waals surface area contributed by atoms with Crippen molar-refractivity contribution in [3.63, 3.8) is 0 Å². The lowest BCUT2D eigenvalue weighted by Crippen LogP contribution is -2.61. The fraction of sp³-hybridized carbons (Fsp3) is 0.900. The molecule has 0 aromatic carbocycles. The minimum atomic E-state index is -1.18. The largest absolute Gasteiger partial charge is 0.467 e. The molecule has 0 amide bonds. The van der Waals surface area contributed by atoms with Gasteiger partial charge in [-0.05, 0) is 0 Å². The molecule has 17 heavy (non-hydrogen) atoms. The number of aliphatic hydroxyl groups is 1. The number of ether oxygens (including phenoxy) is 5. The smallest absolute Gasteiger partial charge is 0.337 e. The van der Waals surface area contributed by atoms with Crippen LogP contribution >= 0.6 is 0 Å². The number of rotatable bonds is 4. The number of hydrogen-bond acceptors (Lipinski definition) is 7. The SMILES string of the molecule is COC(=O)C1OC(OC)C(OC)C(OC)C1O. The molecule has 0 aromatic rings. The molecule has 0 aliphatic carbocycles. The first-order valence-electron chi connectivity index (χ1n) is 5.10. The second kappa shape index (κ2) is 6.27. The second-order valence-electron chi connectivity index (χ2n) is 3.58. The van der Waals surface area contributed by atoms with E-state index in [1.807, 2.05) is 0 Å². The Morgan fingerprint density at radius 1 is 1.06 bits per heavy atom. The van der Waals surface area contributed by atoms with Gasteiger partial charge in [-0.1, -0.05) is 0 Å². The average molecular weight is 250 g/mol. The number of methoxy groups -OCH3 is 4. The number of aliphatic hydroxyl groups excluding tert-OH is 1. The van der Waals surface area contributed by atoms with Crippen LogP contribution in [0.3, 0.4) is 0 Å². The predicted molar refractivity (Wildman–Crippen MR) is 55.3 cm³/mol. The highest BCUT2D eigenvalue weighted by molar-refractivity contribution is 5.75. The van der Waals surface area contributed by atoms with Crippen LogP contribution in [0.1, 0.15) is 0 Å². The van der Waals surface area contributed by atoms with Gasteiger partial charge in [0.05, 0.1) is 7.11 Å². The lowest BCUT2D eigenvalue weighted by Gasteiger charge is -2.41. The minimum absolute atomic E-state index is 0.624. The number of carbonyl (C=O) groups is 1. The standard InChI is InChI=1S/C10H18O7/c1-13-6-5(11)7(9(12)15-3)17-10(16-4)8(6)14-2/h5-8,10-11H,1-4H3. The Labute approximate surface area is 99.5 Å². The van der Waals surface area contributed by atoms with Crippen molar-refractivity contribution in [1.29, 1.82) is 0 Å². The van der Waals surface area contributed by atoms with E-state index in [-0.39, 0.29) is 0 Å². The van der Waals surface area contributed by atoms with Gasteiger partial charge in [0, 0.05) is 21.3 Å². The third kappa shape index (κ3) is 2.75. The maximum atomic E-state index is 11.4. The summed E-state index contributed by atoms with van der Waals surface area (Å²) in [5, 5.41) is 9.96. The van der Waals surface area contributed by atoms with E-state index in [0.717, 1.165) is 0 Å². The third-order valence-corrected chi connectivity index (χ3v) is 2.73. The van der Waals surface area contributed by atoms with Gasteiger partial charge in [-0.15, -0.1) is 0 Å². The molecule has 1 N–H and O–H groups in total. The summed E-state index contributed by atoms with van der Waals surface area (Å²) in [5.74, 6) is -0.684. The molecule has 0 bridgehead atoms. The molecule has 5 unspecified atom stereocenters. The van der Waals surface area contributed by atoms with Crippen LogP contribution in [-0.4, -0.2) is 70.2 Å². The Morgan fingerprint density at radius 2 is 1.65 bits per heavy atom. The van der Waals surface area contributed by atoms with Gasteiger partial charge in [0.15, 0.2) is 12.4 Å². The maximum absolute atomic E-state index is 11.4. The van der Waals surface area contributed by atoms with E-state index in [0.29, 0.717) is 0 Å². The van der Waals surface area contributed by atoms with Crippen LogP contribution in [0.25, 0.3) is 0 Å². The first kappa shape index (κ1) is 14.3. The van der Waals surface area contributed by atoms with Crippen LogP contribution in [-0.2, 0) is 28.5 Å². The van der Waals surface area contributed by atoms with Crippen LogP contribution in [0.2, 0.25) is 0 Å².